The van der Waals surface area contributed by atoms with E-state index in [2.05, 4.69) is 0 Å². The van der Waals surface area contributed by atoms with E-state index in [0.717, 1.165) is 37.1 Å². The second kappa shape index (κ2) is 6.65. The molecular formula is C19H20N2O2. The van der Waals surface area contributed by atoms with Crippen molar-refractivity contribution < 1.29 is 4.79 Å². The average Bonchev–Trinajstić information content (AvgIpc) is 3.09. The number of hydrogen-bond donors (Lipinski definition) is 0. The summed E-state index contributed by atoms with van der Waals surface area (Å²) in [5, 5.41) is 0. The Hall–Kier alpha value is -2.62. The first kappa shape index (κ1) is 15.3. The van der Waals surface area contributed by atoms with Crippen molar-refractivity contribution in [2.24, 2.45) is 0 Å². The van der Waals surface area contributed by atoms with E-state index in [0.29, 0.717) is 5.70 Å². The predicted octanol–water partition coefficient (Wildman–Crippen LogP) is 2.78. The summed E-state index contributed by atoms with van der Waals surface area (Å²) >= 11 is 0. The first-order valence-corrected chi connectivity index (χ1v) is 7.91. The van der Waals surface area contributed by atoms with Crippen LogP contribution in [0.3, 0.4) is 0 Å². The van der Waals surface area contributed by atoms with Gasteiger partial charge in [0.1, 0.15) is 5.70 Å². The molecule has 1 aromatic heterocycles. The van der Waals surface area contributed by atoms with Crippen LogP contribution in [0.25, 0.3) is 11.8 Å². The highest BCUT2D eigenvalue weighted by Crippen LogP contribution is 2.17. The Labute approximate surface area is 135 Å². The molecule has 0 N–H and O–H groups in total. The minimum Gasteiger partial charge on any atom is -0.337 e. The van der Waals surface area contributed by atoms with E-state index in [-0.39, 0.29) is 11.5 Å². The van der Waals surface area contributed by atoms with Gasteiger partial charge in [0.25, 0.3) is 11.5 Å². The second-order valence-corrected chi connectivity index (χ2v) is 5.85. The highest BCUT2D eigenvalue weighted by Gasteiger charge is 2.23. The number of rotatable bonds is 3. The van der Waals surface area contributed by atoms with Crippen molar-refractivity contribution in [3.8, 4) is 0 Å². The van der Waals surface area contributed by atoms with Crippen LogP contribution in [0, 0.1) is 6.92 Å². The van der Waals surface area contributed by atoms with Gasteiger partial charge >= 0.3 is 0 Å². The Balaban J connectivity index is 2.06. The van der Waals surface area contributed by atoms with Crippen molar-refractivity contribution in [2.45, 2.75) is 19.8 Å². The number of hydrogen-bond acceptors (Lipinski definition) is 2. The van der Waals surface area contributed by atoms with Gasteiger partial charge in [-0.2, -0.15) is 0 Å². The third-order valence-electron chi connectivity index (χ3n) is 4.08. The van der Waals surface area contributed by atoms with Crippen molar-refractivity contribution in [3.05, 3.63) is 70.1 Å². The van der Waals surface area contributed by atoms with Crippen LogP contribution >= 0.6 is 0 Å². The number of benzene rings is 1. The van der Waals surface area contributed by atoms with E-state index < -0.39 is 0 Å². The van der Waals surface area contributed by atoms with Gasteiger partial charge in [-0.15, -0.1) is 0 Å². The average molecular weight is 308 g/mol. The molecule has 0 bridgehead atoms. The van der Waals surface area contributed by atoms with Crippen molar-refractivity contribution >= 4 is 17.7 Å². The van der Waals surface area contributed by atoms with Crippen LogP contribution in [0.15, 0.2) is 53.5 Å². The number of amides is 1. The number of aryl methyl sites for hydroxylation is 1. The molecule has 0 unspecified atom stereocenters. The maximum Gasteiger partial charge on any atom is 0.270 e. The van der Waals surface area contributed by atoms with E-state index in [1.54, 1.807) is 24.4 Å². The molecule has 4 heteroatoms. The second-order valence-electron chi connectivity index (χ2n) is 5.85. The predicted molar refractivity (Wildman–Crippen MR) is 91.9 cm³/mol. The van der Waals surface area contributed by atoms with Gasteiger partial charge in [-0.1, -0.05) is 35.9 Å². The minimum atomic E-state index is -0.196. The molecule has 23 heavy (non-hydrogen) atoms. The Morgan fingerprint density at radius 2 is 1.74 bits per heavy atom. The lowest BCUT2D eigenvalue weighted by Gasteiger charge is -2.18. The molecular weight excluding hydrogens is 288 g/mol. The molecule has 1 aliphatic heterocycles. The fourth-order valence-electron chi connectivity index (χ4n) is 2.76. The Morgan fingerprint density at radius 1 is 1.04 bits per heavy atom. The monoisotopic (exact) mass is 308 g/mol. The lowest BCUT2D eigenvalue weighted by atomic mass is 10.1. The third kappa shape index (κ3) is 3.42. The molecule has 1 amide bonds. The van der Waals surface area contributed by atoms with Crippen LogP contribution < -0.4 is 5.56 Å². The molecule has 1 aliphatic rings. The molecule has 1 fully saturated rings. The zero-order valence-corrected chi connectivity index (χ0v) is 13.2. The van der Waals surface area contributed by atoms with Gasteiger partial charge in [0, 0.05) is 25.4 Å². The van der Waals surface area contributed by atoms with Crippen LogP contribution in [0.2, 0.25) is 0 Å². The fraction of sp³-hybridized carbons (Fsp3) is 0.263. The van der Waals surface area contributed by atoms with E-state index in [9.17, 15) is 9.59 Å². The number of carbonyl (C=O) groups is 1. The molecule has 2 heterocycles. The lowest BCUT2D eigenvalue weighted by molar-refractivity contribution is -0.124. The Kier molecular flexibility index (Phi) is 4.42. The molecule has 0 radical (unpaired) electrons. The molecule has 2 aromatic rings. The molecule has 1 aromatic carbocycles. The van der Waals surface area contributed by atoms with E-state index in [4.69, 9.17) is 0 Å². The van der Waals surface area contributed by atoms with Crippen LogP contribution in [-0.2, 0) is 4.79 Å². The van der Waals surface area contributed by atoms with Crippen LogP contribution in [0.4, 0.5) is 0 Å². The highest BCUT2D eigenvalue weighted by atomic mass is 16.2. The first-order chi connectivity index (χ1) is 11.1. The summed E-state index contributed by atoms with van der Waals surface area (Å²) in [5.41, 5.74) is 2.28. The Morgan fingerprint density at radius 3 is 2.39 bits per heavy atom. The maximum absolute atomic E-state index is 12.9. The maximum atomic E-state index is 12.9. The summed E-state index contributed by atoms with van der Waals surface area (Å²) in [7, 11) is 0. The molecule has 118 valence electrons. The van der Waals surface area contributed by atoms with E-state index >= 15 is 0 Å². The summed E-state index contributed by atoms with van der Waals surface area (Å²) in [6.07, 6.45) is 5.48. The molecule has 3 rings (SSSR count). The van der Waals surface area contributed by atoms with Crippen LogP contribution in [0.5, 0.6) is 0 Å². The molecule has 1 saturated heterocycles. The van der Waals surface area contributed by atoms with Crippen molar-refractivity contribution in [3.63, 3.8) is 0 Å². The lowest BCUT2D eigenvalue weighted by Crippen LogP contribution is -2.33. The Bertz CT molecular complexity index is 782. The number of likely N-dealkylation sites (tertiary alicyclic amines) is 1. The fourth-order valence-corrected chi connectivity index (χ4v) is 2.76. The number of nitrogens with zero attached hydrogens (tertiary/aromatic N) is 2. The summed E-state index contributed by atoms with van der Waals surface area (Å²) < 4.78 is 1.43. The highest BCUT2D eigenvalue weighted by molar-refractivity contribution is 6.18. The summed E-state index contributed by atoms with van der Waals surface area (Å²) in [6.45, 7) is 3.53. The standard InChI is InChI=1S/C19H20N2O2/c1-15-7-9-16(10-8-15)14-17(19(23)20-11-4-5-12-20)21-13-3-2-6-18(21)22/h2-3,6-10,13-14H,4-5,11-12H2,1H3/b17-14+. The van der Waals surface area contributed by atoms with Gasteiger partial charge in [-0.05, 0) is 37.5 Å². The van der Waals surface area contributed by atoms with E-state index in [1.807, 2.05) is 36.1 Å². The van der Waals surface area contributed by atoms with Gasteiger partial charge in [-0.3, -0.25) is 14.2 Å². The zero-order chi connectivity index (χ0) is 16.2. The number of pyridine rings is 1. The third-order valence-corrected chi connectivity index (χ3v) is 4.08. The van der Waals surface area contributed by atoms with Crippen molar-refractivity contribution in [2.75, 3.05) is 13.1 Å². The van der Waals surface area contributed by atoms with E-state index in [1.165, 1.54) is 10.6 Å². The first-order valence-electron chi connectivity index (χ1n) is 7.91. The summed E-state index contributed by atoms with van der Waals surface area (Å²) in [4.78, 5) is 26.9. The SMILES string of the molecule is Cc1ccc(/C=C(\C(=O)N2CCCC2)n2ccccc2=O)cc1. The van der Waals surface area contributed by atoms with Gasteiger partial charge in [0.2, 0.25) is 0 Å². The van der Waals surface area contributed by atoms with Gasteiger partial charge in [-0.25, -0.2) is 0 Å². The summed E-state index contributed by atoms with van der Waals surface area (Å²) in [6, 6.07) is 12.8. The normalized spacial score (nSPS) is 15.0. The molecule has 0 spiro atoms. The quantitative estimate of drug-likeness (QED) is 0.818. The van der Waals surface area contributed by atoms with Crippen LogP contribution in [-0.4, -0.2) is 28.5 Å². The van der Waals surface area contributed by atoms with Crippen molar-refractivity contribution in [1.29, 1.82) is 0 Å². The molecule has 0 atom stereocenters. The number of aromatic nitrogens is 1. The zero-order valence-electron chi connectivity index (χ0n) is 13.2. The smallest absolute Gasteiger partial charge is 0.270 e. The van der Waals surface area contributed by atoms with Crippen molar-refractivity contribution in [1.82, 2.24) is 9.47 Å². The minimum absolute atomic E-state index is 0.0867. The largest absolute Gasteiger partial charge is 0.337 e. The number of carbonyl (C=O) groups excluding carboxylic acids is 1. The van der Waals surface area contributed by atoms with Gasteiger partial charge in [0.15, 0.2) is 0 Å². The van der Waals surface area contributed by atoms with Gasteiger partial charge < -0.3 is 4.90 Å². The molecule has 0 saturated carbocycles. The van der Waals surface area contributed by atoms with Crippen LogP contribution in [0.1, 0.15) is 24.0 Å². The topological polar surface area (TPSA) is 42.3 Å². The van der Waals surface area contributed by atoms with Gasteiger partial charge in [0.05, 0.1) is 0 Å². The molecule has 0 aliphatic carbocycles. The summed E-state index contributed by atoms with van der Waals surface area (Å²) in [5.74, 6) is -0.0867. The molecule has 4 nitrogen and oxygen atoms in total.